The van der Waals surface area contributed by atoms with Crippen molar-refractivity contribution in [1.82, 2.24) is 15.1 Å². The van der Waals surface area contributed by atoms with Gasteiger partial charge >= 0.3 is 0 Å². The Balaban J connectivity index is 1.88. The highest BCUT2D eigenvalue weighted by Crippen LogP contribution is 2.20. The molecule has 0 amide bonds. The van der Waals surface area contributed by atoms with Crippen LogP contribution in [0.3, 0.4) is 0 Å². The first-order chi connectivity index (χ1) is 10.1. The number of rotatable bonds is 6. The smallest absolute Gasteiger partial charge is 0.0329 e. The number of nitrogens with zero attached hydrogens (tertiary/aromatic N) is 2. The van der Waals surface area contributed by atoms with E-state index in [2.05, 4.69) is 61.1 Å². The molecule has 1 aliphatic rings. The van der Waals surface area contributed by atoms with E-state index in [4.69, 9.17) is 0 Å². The molecule has 3 nitrogen and oxygen atoms in total. The zero-order chi connectivity index (χ0) is 15.2. The second kappa shape index (κ2) is 7.92. The van der Waals surface area contributed by atoms with E-state index < -0.39 is 0 Å². The molecule has 1 saturated heterocycles. The Morgan fingerprint density at radius 2 is 1.57 bits per heavy atom. The second-order valence-corrected chi connectivity index (χ2v) is 6.33. The van der Waals surface area contributed by atoms with Crippen LogP contribution in [0.1, 0.15) is 36.1 Å². The minimum Gasteiger partial charge on any atom is -0.313 e. The van der Waals surface area contributed by atoms with E-state index in [1.807, 2.05) is 0 Å². The van der Waals surface area contributed by atoms with Crippen LogP contribution >= 0.6 is 0 Å². The molecule has 0 spiro atoms. The van der Waals surface area contributed by atoms with Crippen LogP contribution in [0, 0.1) is 13.8 Å². The molecule has 0 saturated carbocycles. The molecule has 1 N–H and O–H groups in total. The van der Waals surface area contributed by atoms with Gasteiger partial charge in [0.05, 0.1) is 0 Å². The predicted octanol–water partition coefficient (Wildman–Crippen LogP) is 2.59. The maximum atomic E-state index is 3.50. The molecule has 21 heavy (non-hydrogen) atoms. The highest BCUT2D eigenvalue weighted by molar-refractivity contribution is 5.30. The zero-order valence-corrected chi connectivity index (χ0v) is 14.2. The minimum atomic E-state index is 0.466. The van der Waals surface area contributed by atoms with Crippen molar-refractivity contribution in [1.29, 1.82) is 0 Å². The summed E-state index contributed by atoms with van der Waals surface area (Å²) in [5, 5.41) is 3.50. The maximum absolute atomic E-state index is 3.50. The summed E-state index contributed by atoms with van der Waals surface area (Å²) in [5.74, 6) is 0. The van der Waals surface area contributed by atoms with Gasteiger partial charge in [-0.15, -0.1) is 0 Å². The average Bonchev–Trinajstić information content (AvgIpc) is 2.47. The molecule has 1 aromatic rings. The Kier molecular flexibility index (Phi) is 6.22. The van der Waals surface area contributed by atoms with Crippen LogP contribution in [0.25, 0.3) is 0 Å². The largest absolute Gasteiger partial charge is 0.313 e. The number of piperazine rings is 1. The number of benzene rings is 1. The molecule has 1 atom stereocenters. The summed E-state index contributed by atoms with van der Waals surface area (Å²) >= 11 is 0. The highest BCUT2D eigenvalue weighted by atomic mass is 15.3. The van der Waals surface area contributed by atoms with Crippen molar-refractivity contribution in [3.8, 4) is 0 Å². The Morgan fingerprint density at radius 1 is 1.00 bits per heavy atom. The van der Waals surface area contributed by atoms with Gasteiger partial charge in [-0.3, -0.25) is 0 Å². The van der Waals surface area contributed by atoms with Gasteiger partial charge in [0, 0.05) is 38.8 Å². The SMILES string of the molecule is CCN1CCN(CCC(NC)c2cc(C)cc(C)c2)CC1. The molecule has 1 aromatic carbocycles. The lowest BCUT2D eigenvalue weighted by Crippen LogP contribution is -2.46. The summed E-state index contributed by atoms with van der Waals surface area (Å²) in [6, 6.07) is 7.36. The first-order valence-corrected chi connectivity index (χ1v) is 8.32. The molecular formula is C18H31N3. The third-order valence-corrected chi connectivity index (χ3v) is 4.64. The first-order valence-electron chi connectivity index (χ1n) is 8.32. The van der Waals surface area contributed by atoms with Crippen molar-refractivity contribution in [2.45, 2.75) is 33.2 Å². The summed E-state index contributed by atoms with van der Waals surface area (Å²) in [6.45, 7) is 13.9. The van der Waals surface area contributed by atoms with E-state index in [1.165, 1.54) is 62.4 Å². The van der Waals surface area contributed by atoms with Crippen molar-refractivity contribution >= 4 is 0 Å². The molecule has 2 rings (SSSR count). The van der Waals surface area contributed by atoms with Gasteiger partial charge in [0.1, 0.15) is 0 Å². The molecule has 0 radical (unpaired) electrons. The van der Waals surface area contributed by atoms with Crippen molar-refractivity contribution in [3.63, 3.8) is 0 Å². The number of hydrogen-bond acceptors (Lipinski definition) is 3. The van der Waals surface area contributed by atoms with E-state index in [-0.39, 0.29) is 0 Å². The van der Waals surface area contributed by atoms with Gasteiger partial charge < -0.3 is 15.1 Å². The minimum absolute atomic E-state index is 0.466. The zero-order valence-electron chi connectivity index (χ0n) is 14.2. The summed E-state index contributed by atoms with van der Waals surface area (Å²) in [4.78, 5) is 5.15. The fourth-order valence-electron chi connectivity index (χ4n) is 3.33. The predicted molar refractivity (Wildman–Crippen MR) is 90.9 cm³/mol. The average molecular weight is 289 g/mol. The lowest BCUT2D eigenvalue weighted by atomic mass is 9.99. The fourth-order valence-corrected chi connectivity index (χ4v) is 3.33. The molecule has 1 unspecified atom stereocenters. The Morgan fingerprint density at radius 3 is 2.10 bits per heavy atom. The van der Waals surface area contributed by atoms with Crippen molar-refractivity contribution in [2.24, 2.45) is 0 Å². The van der Waals surface area contributed by atoms with E-state index in [1.54, 1.807) is 0 Å². The van der Waals surface area contributed by atoms with Gasteiger partial charge in [-0.25, -0.2) is 0 Å². The molecule has 1 aliphatic heterocycles. The van der Waals surface area contributed by atoms with Gasteiger partial charge in [-0.2, -0.15) is 0 Å². The normalized spacial score (nSPS) is 18.9. The summed E-state index contributed by atoms with van der Waals surface area (Å²) in [6.07, 6.45) is 1.19. The summed E-state index contributed by atoms with van der Waals surface area (Å²) in [5.41, 5.74) is 4.16. The van der Waals surface area contributed by atoms with Crippen molar-refractivity contribution in [3.05, 3.63) is 34.9 Å². The van der Waals surface area contributed by atoms with Gasteiger partial charge in [-0.1, -0.05) is 36.2 Å². The standard InChI is InChI=1S/C18H31N3/c1-5-20-8-10-21(11-9-20)7-6-18(19-4)17-13-15(2)12-16(3)14-17/h12-14,18-19H,5-11H2,1-4H3. The third kappa shape index (κ3) is 4.80. The molecule has 1 heterocycles. The summed E-state index contributed by atoms with van der Waals surface area (Å²) < 4.78 is 0. The quantitative estimate of drug-likeness (QED) is 0.868. The lowest BCUT2D eigenvalue weighted by molar-refractivity contribution is 0.133. The summed E-state index contributed by atoms with van der Waals surface area (Å²) in [7, 11) is 2.08. The van der Waals surface area contributed by atoms with Crippen LogP contribution < -0.4 is 5.32 Å². The topological polar surface area (TPSA) is 18.5 Å². The number of aryl methyl sites for hydroxylation is 2. The Bertz CT molecular complexity index is 416. The highest BCUT2D eigenvalue weighted by Gasteiger charge is 2.17. The maximum Gasteiger partial charge on any atom is 0.0329 e. The van der Waals surface area contributed by atoms with Gasteiger partial charge in [0.25, 0.3) is 0 Å². The third-order valence-electron chi connectivity index (χ3n) is 4.64. The van der Waals surface area contributed by atoms with E-state index in [0.717, 1.165) is 0 Å². The molecule has 0 aliphatic carbocycles. The Labute approximate surface area is 130 Å². The first kappa shape index (κ1) is 16.5. The number of hydrogen-bond donors (Lipinski definition) is 1. The molecule has 1 fully saturated rings. The van der Waals surface area contributed by atoms with Crippen molar-refractivity contribution < 1.29 is 0 Å². The van der Waals surface area contributed by atoms with E-state index in [9.17, 15) is 0 Å². The fraction of sp³-hybridized carbons (Fsp3) is 0.667. The molecule has 0 aromatic heterocycles. The lowest BCUT2D eigenvalue weighted by Gasteiger charge is -2.34. The van der Waals surface area contributed by atoms with Crippen LogP contribution in [0.5, 0.6) is 0 Å². The molecule has 118 valence electrons. The van der Waals surface area contributed by atoms with Crippen LogP contribution in [-0.4, -0.2) is 56.1 Å². The second-order valence-electron chi connectivity index (χ2n) is 6.33. The van der Waals surface area contributed by atoms with Gasteiger partial charge in [-0.05, 0) is 39.4 Å². The van der Waals surface area contributed by atoms with E-state index in [0.29, 0.717) is 6.04 Å². The van der Waals surface area contributed by atoms with Crippen LogP contribution in [0.15, 0.2) is 18.2 Å². The van der Waals surface area contributed by atoms with E-state index >= 15 is 0 Å². The van der Waals surface area contributed by atoms with Crippen LogP contribution in [0.2, 0.25) is 0 Å². The van der Waals surface area contributed by atoms with Gasteiger partial charge in [0.2, 0.25) is 0 Å². The Hall–Kier alpha value is -0.900. The molecular weight excluding hydrogens is 258 g/mol. The van der Waals surface area contributed by atoms with Crippen molar-refractivity contribution in [2.75, 3.05) is 46.3 Å². The number of likely N-dealkylation sites (N-methyl/N-ethyl adjacent to an activating group) is 1. The van der Waals surface area contributed by atoms with Gasteiger partial charge in [0.15, 0.2) is 0 Å². The monoisotopic (exact) mass is 289 g/mol. The van der Waals surface area contributed by atoms with Crippen LogP contribution in [0.4, 0.5) is 0 Å². The molecule has 3 heteroatoms. The molecule has 0 bridgehead atoms. The van der Waals surface area contributed by atoms with Crippen LogP contribution in [-0.2, 0) is 0 Å². The number of nitrogens with one attached hydrogen (secondary N) is 1.